The van der Waals surface area contributed by atoms with Crippen LogP contribution in [-0.2, 0) is 6.42 Å². The molecule has 0 aliphatic heterocycles. The van der Waals surface area contributed by atoms with Crippen LogP contribution in [0.25, 0.3) is 11.3 Å². The summed E-state index contributed by atoms with van der Waals surface area (Å²) in [6.45, 7) is 2.27. The lowest BCUT2D eigenvalue weighted by atomic mass is 10.0. The van der Waals surface area contributed by atoms with Gasteiger partial charge in [-0.15, -0.1) is 0 Å². The maximum absolute atomic E-state index is 4.33. The first-order valence-electron chi connectivity index (χ1n) is 8.25. The second-order valence-corrected chi connectivity index (χ2v) is 5.66. The molecule has 0 fully saturated rings. The Kier molecular flexibility index (Phi) is 6.93. The predicted octanol–water partition coefficient (Wildman–Crippen LogP) is 5.44. The molecule has 0 saturated heterocycles. The summed E-state index contributed by atoms with van der Waals surface area (Å²) in [5.41, 5.74) is 3.52. The van der Waals surface area contributed by atoms with Crippen LogP contribution in [0.1, 0.15) is 57.4 Å². The zero-order chi connectivity index (χ0) is 14.8. The first-order chi connectivity index (χ1) is 10.4. The van der Waals surface area contributed by atoms with E-state index >= 15 is 0 Å². The van der Waals surface area contributed by atoms with Gasteiger partial charge in [-0.25, -0.2) is 0 Å². The van der Waals surface area contributed by atoms with Crippen molar-refractivity contribution in [3.63, 3.8) is 0 Å². The van der Waals surface area contributed by atoms with Gasteiger partial charge in [0.1, 0.15) is 0 Å². The van der Waals surface area contributed by atoms with Crippen LogP contribution >= 0.6 is 0 Å². The molecule has 0 spiro atoms. The van der Waals surface area contributed by atoms with Crippen molar-refractivity contribution in [1.29, 1.82) is 0 Å². The zero-order valence-corrected chi connectivity index (χ0v) is 13.1. The quantitative estimate of drug-likeness (QED) is 0.572. The van der Waals surface area contributed by atoms with Gasteiger partial charge in [0.25, 0.3) is 0 Å². The lowest BCUT2D eigenvalue weighted by molar-refractivity contribution is 0.589. The molecule has 2 heteroatoms. The Morgan fingerprint density at radius 2 is 1.52 bits per heavy atom. The number of nitrogens with zero attached hydrogens (tertiary/aromatic N) is 2. The third kappa shape index (κ3) is 5.66. The third-order valence-electron chi connectivity index (χ3n) is 3.88. The highest BCUT2D eigenvalue weighted by Crippen LogP contribution is 2.17. The van der Waals surface area contributed by atoms with Gasteiger partial charge in [0, 0.05) is 18.0 Å². The minimum absolute atomic E-state index is 0.944. The highest BCUT2D eigenvalue weighted by Gasteiger charge is 1.99. The summed E-state index contributed by atoms with van der Waals surface area (Å²) in [7, 11) is 0. The van der Waals surface area contributed by atoms with Crippen molar-refractivity contribution in [3.8, 4) is 11.3 Å². The van der Waals surface area contributed by atoms with E-state index < -0.39 is 0 Å². The van der Waals surface area contributed by atoms with Crippen LogP contribution in [-0.4, -0.2) is 9.97 Å². The van der Waals surface area contributed by atoms with Crippen LogP contribution in [0.3, 0.4) is 0 Å². The van der Waals surface area contributed by atoms with E-state index in [0.29, 0.717) is 0 Å². The smallest absolute Gasteiger partial charge is 0.0885 e. The number of aromatic nitrogens is 2. The van der Waals surface area contributed by atoms with Crippen LogP contribution < -0.4 is 0 Å². The van der Waals surface area contributed by atoms with Crippen molar-refractivity contribution < 1.29 is 0 Å². The molecule has 0 unspecified atom stereocenters. The van der Waals surface area contributed by atoms with E-state index in [9.17, 15) is 0 Å². The van der Waals surface area contributed by atoms with Crippen molar-refractivity contribution in [2.75, 3.05) is 0 Å². The van der Waals surface area contributed by atoms with E-state index in [1.807, 2.05) is 6.20 Å². The maximum Gasteiger partial charge on any atom is 0.0885 e. The van der Waals surface area contributed by atoms with Crippen LogP contribution in [0.2, 0.25) is 0 Å². The van der Waals surface area contributed by atoms with E-state index in [1.165, 1.54) is 56.9 Å². The normalized spacial score (nSPS) is 10.7. The fraction of sp³-hybridized carbons (Fsp3) is 0.474. The average molecular weight is 282 g/mol. The zero-order valence-electron chi connectivity index (χ0n) is 13.1. The minimum Gasteiger partial charge on any atom is -0.261 e. The van der Waals surface area contributed by atoms with Gasteiger partial charge >= 0.3 is 0 Å². The van der Waals surface area contributed by atoms with Crippen molar-refractivity contribution >= 4 is 0 Å². The molecule has 0 bridgehead atoms. The largest absolute Gasteiger partial charge is 0.261 e. The molecule has 0 amide bonds. The summed E-state index contributed by atoms with van der Waals surface area (Å²) >= 11 is 0. The molecule has 1 aromatic heterocycles. The number of rotatable bonds is 9. The topological polar surface area (TPSA) is 25.8 Å². The lowest BCUT2D eigenvalue weighted by Gasteiger charge is -2.04. The Hall–Kier alpha value is -1.70. The van der Waals surface area contributed by atoms with E-state index in [1.54, 1.807) is 12.4 Å². The Labute approximate surface area is 128 Å². The molecule has 21 heavy (non-hydrogen) atoms. The standard InChI is InChI=1S/C19H26N2/c1-2-3-4-5-6-7-8-9-17-10-12-18(13-11-17)19-16-20-14-15-21-19/h10-16H,2-9H2,1H3. The first-order valence-corrected chi connectivity index (χ1v) is 8.25. The number of aryl methyl sites for hydroxylation is 1. The van der Waals surface area contributed by atoms with Crippen LogP contribution in [0.15, 0.2) is 42.9 Å². The Morgan fingerprint density at radius 3 is 2.19 bits per heavy atom. The molecule has 0 aliphatic rings. The molecular formula is C19H26N2. The lowest BCUT2D eigenvalue weighted by Crippen LogP contribution is -1.88. The summed E-state index contributed by atoms with van der Waals surface area (Å²) in [5, 5.41) is 0. The summed E-state index contributed by atoms with van der Waals surface area (Å²) in [5.74, 6) is 0. The molecule has 1 aromatic carbocycles. The molecule has 0 atom stereocenters. The molecular weight excluding hydrogens is 256 g/mol. The van der Waals surface area contributed by atoms with Gasteiger partial charge in [-0.3, -0.25) is 9.97 Å². The number of unbranched alkanes of at least 4 members (excludes halogenated alkanes) is 6. The molecule has 0 saturated carbocycles. The van der Waals surface area contributed by atoms with Crippen molar-refractivity contribution in [2.24, 2.45) is 0 Å². The van der Waals surface area contributed by atoms with E-state index in [0.717, 1.165) is 11.3 Å². The second-order valence-electron chi connectivity index (χ2n) is 5.66. The van der Waals surface area contributed by atoms with Gasteiger partial charge in [-0.2, -0.15) is 0 Å². The highest BCUT2D eigenvalue weighted by atomic mass is 14.8. The summed E-state index contributed by atoms with van der Waals surface area (Å²) in [6.07, 6.45) is 16.0. The molecule has 2 nitrogen and oxygen atoms in total. The highest BCUT2D eigenvalue weighted by molar-refractivity contribution is 5.58. The minimum atomic E-state index is 0.944. The van der Waals surface area contributed by atoms with E-state index in [4.69, 9.17) is 0 Å². The van der Waals surface area contributed by atoms with Crippen molar-refractivity contribution in [1.82, 2.24) is 9.97 Å². The Morgan fingerprint density at radius 1 is 0.810 bits per heavy atom. The second kappa shape index (κ2) is 9.28. The van der Waals surface area contributed by atoms with Gasteiger partial charge in [0.2, 0.25) is 0 Å². The Bertz CT molecular complexity index is 491. The molecule has 1 heterocycles. The van der Waals surface area contributed by atoms with Gasteiger partial charge in [-0.1, -0.05) is 69.7 Å². The maximum atomic E-state index is 4.33. The first kappa shape index (κ1) is 15.7. The molecule has 0 radical (unpaired) electrons. The van der Waals surface area contributed by atoms with Gasteiger partial charge in [-0.05, 0) is 18.4 Å². The van der Waals surface area contributed by atoms with Crippen LogP contribution in [0, 0.1) is 0 Å². The van der Waals surface area contributed by atoms with Crippen molar-refractivity contribution in [3.05, 3.63) is 48.4 Å². The van der Waals surface area contributed by atoms with Gasteiger partial charge in [0.15, 0.2) is 0 Å². The number of hydrogen-bond acceptors (Lipinski definition) is 2. The van der Waals surface area contributed by atoms with Crippen LogP contribution in [0.5, 0.6) is 0 Å². The fourth-order valence-electron chi connectivity index (χ4n) is 2.58. The third-order valence-corrected chi connectivity index (χ3v) is 3.88. The fourth-order valence-corrected chi connectivity index (χ4v) is 2.58. The summed E-state index contributed by atoms with van der Waals surface area (Å²) in [4.78, 5) is 8.44. The SMILES string of the molecule is CCCCCCCCCc1ccc(-c2cnccn2)cc1. The molecule has 2 rings (SSSR count). The Balaban J connectivity index is 1.71. The van der Waals surface area contributed by atoms with E-state index in [2.05, 4.69) is 41.2 Å². The molecule has 112 valence electrons. The average Bonchev–Trinajstić information content (AvgIpc) is 2.55. The summed E-state index contributed by atoms with van der Waals surface area (Å²) < 4.78 is 0. The molecule has 0 N–H and O–H groups in total. The summed E-state index contributed by atoms with van der Waals surface area (Å²) in [6, 6.07) is 8.75. The predicted molar refractivity (Wildman–Crippen MR) is 89.2 cm³/mol. The monoisotopic (exact) mass is 282 g/mol. The van der Waals surface area contributed by atoms with Crippen molar-refractivity contribution in [2.45, 2.75) is 58.3 Å². The van der Waals surface area contributed by atoms with Gasteiger partial charge < -0.3 is 0 Å². The number of hydrogen-bond donors (Lipinski definition) is 0. The molecule has 0 aliphatic carbocycles. The molecule has 2 aromatic rings. The number of benzene rings is 1. The van der Waals surface area contributed by atoms with E-state index in [-0.39, 0.29) is 0 Å². The van der Waals surface area contributed by atoms with Gasteiger partial charge in [0.05, 0.1) is 11.9 Å². The van der Waals surface area contributed by atoms with Crippen LogP contribution in [0.4, 0.5) is 0 Å².